The van der Waals surface area contributed by atoms with Gasteiger partial charge in [0.25, 0.3) is 0 Å². The van der Waals surface area contributed by atoms with E-state index in [1.54, 1.807) is 0 Å². The van der Waals surface area contributed by atoms with Gasteiger partial charge in [-0.2, -0.15) is 0 Å². The summed E-state index contributed by atoms with van der Waals surface area (Å²) >= 11 is 0. The van der Waals surface area contributed by atoms with Crippen molar-refractivity contribution in [1.82, 2.24) is 5.32 Å². The maximum absolute atomic E-state index is 13.2. The van der Waals surface area contributed by atoms with E-state index in [1.807, 2.05) is 0 Å². The molecule has 0 heterocycles. The normalized spacial score (nSPS) is 14.5. The molecule has 3 nitrogen and oxygen atoms in total. The molecule has 17 heavy (non-hydrogen) atoms. The van der Waals surface area contributed by atoms with Crippen molar-refractivity contribution >= 4 is 11.6 Å². The fraction of sp³-hybridized carbons (Fsp3) is 0.417. The lowest BCUT2D eigenvalue weighted by Crippen LogP contribution is -2.27. The van der Waals surface area contributed by atoms with Crippen LogP contribution in [-0.4, -0.2) is 18.5 Å². The summed E-state index contributed by atoms with van der Waals surface area (Å²) in [6.45, 7) is 0.291. The Morgan fingerprint density at radius 3 is 2.82 bits per heavy atom. The molecule has 0 radical (unpaired) electrons. The standard InChI is InChI=1S/C12H14F2N2O/c13-8-1-4-10(14)11(7-8)15-6-5-12(17)16-9-2-3-9/h1,4,7,9,15H,2-3,5-6H2,(H,16,17). The molecule has 0 saturated heterocycles. The molecular formula is C12H14F2N2O. The highest BCUT2D eigenvalue weighted by atomic mass is 19.1. The lowest BCUT2D eigenvalue weighted by atomic mass is 10.3. The zero-order chi connectivity index (χ0) is 12.3. The number of carbonyl (C=O) groups excluding carboxylic acids is 1. The first-order chi connectivity index (χ1) is 8.15. The van der Waals surface area contributed by atoms with Crippen LogP contribution >= 0.6 is 0 Å². The first kappa shape index (κ1) is 11.8. The molecule has 1 aliphatic carbocycles. The van der Waals surface area contributed by atoms with Crippen LogP contribution in [0.2, 0.25) is 0 Å². The zero-order valence-corrected chi connectivity index (χ0v) is 9.30. The fourth-order valence-corrected chi connectivity index (χ4v) is 1.47. The highest BCUT2D eigenvalue weighted by molar-refractivity contribution is 5.77. The Bertz CT molecular complexity index is 419. The smallest absolute Gasteiger partial charge is 0.221 e. The molecular weight excluding hydrogens is 226 g/mol. The zero-order valence-electron chi connectivity index (χ0n) is 9.30. The van der Waals surface area contributed by atoms with Crippen LogP contribution in [0.5, 0.6) is 0 Å². The third kappa shape index (κ3) is 3.69. The summed E-state index contributed by atoms with van der Waals surface area (Å²) in [5, 5.41) is 5.52. The number of amides is 1. The third-order valence-corrected chi connectivity index (χ3v) is 2.54. The van der Waals surface area contributed by atoms with Crippen LogP contribution in [0.1, 0.15) is 19.3 Å². The minimum absolute atomic E-state index is 0.0585. The van der Waals surface area contributed by atoms with Gasteiger partial charge in [0.1, 0.15) is 11.6 Å². The van der Waals surface area contributed by atoms with Crippen LogP contribution in [0, 0.1) is 11.6 Å². The van der Waals surface area contributed by atoms with Crippen LogP contribution < -0.4 is 10.6 Å². The molecule has 1 saturated carbocycles. The van der Waals surface area contributed by atoms with Crippen LogP contribution in [0.25, 0.3) is 0 Å². The summed E-state index contributed by atoms with van der Waals surface area (Å²) in [5.41, 5.74) is 0.0872. The predicted molar refractivity (Wildman–Crippen MR) is 60.6 cm³/mol. The maximum Gasteiger partial charge on any atom is 0.221 e. The summed E-state index contributed by atoms with van der Waals surface area (Å²) in [7, 11) is 0. The monoisotopic (exact) mass is 240 g/mol. The molecule has 5 heteroatoms. The Morgan fingerprint density at radius 1 is 1.35 bits per heavy atom. The quantitative estimate of drug-likeness (QED) is 0.827. The minimum Gasteiger partial charge on any atom is -0.382 e. The molecule has 0 aliphatic heterocycles. The summed E-state index contributed by atoms with van der Waals surface area (Å²) in [4.78, 5) is 11.3. The highest BCUT2D eigenvalue weighted by Crippen LogP contribution is 2.18. The van der Waals surface area contributed by atoms with Gasteiger partial charge in [0.15, 0.2) is 0 Å². The van der Waals surface area contributed by atoms with E-state index in [9.17, 15) is 13.6 Å². The van der Waals surface area contributed by atoms with Crippen LogP contribution in [0.15, 0.2) is 18.2 Å². The molecule has 0 atom stereocenters. The molecule has 1 aromatic rings. The van der Waals surface area contributed by atoms with E-state index in [4.69, 9.17) is 0 Å². The number of halogens is 2. The topological polar surface area (TPSA) is 41.1 Å². The van der Waals surface area contributed by atoms with Crippen molar-refractivity contribution in [3.63, 3.8) is 0 Å². The third-order valence-electron chi connectivity index (χ3n) is 2.54. The SMILES string of the molecule is O=C(CCNc1cc(F)ccc1F)NC1CC1. The minimum atomic E-state index is -0.519. The molecule has 0 unspecified atom stereocenters. The number of hydrogen-bond acceptors (Lipinski definition) is 2. The van der Waals surface area contributed by atoms with Crippen LogP contribution in [-0.2, 0) is 4.79 Å². The molecule has 0 spiro atoms. The Morgan fingerprint density at radius 2 is 2.12 bits per heavy atom. The van der Waals surface area contributed by atoms with Gasteiger partial charge >= 0.3 is 0 Å². The van der Waals surface area contributed by atoms with Gasteiger partial charge in [-0.25, -0.2) is 8.78 Å². The fourth-order valence-electron chi connectivity index (χ4n) is 1.47. The van der Waals surface area contributed by atoms with Crippen LogP contribution in [0.3, 0.4) is 0 Å². The molecule has 92 valence electrons. The van der Waals surface area contributed by atoms with Crippen LogP contribution in [0.4, 0.5) is 14.5 Å². The summed E-state index contributed by atoms with van der Waals surface area (Å²) < 4.78 is 26.0. The largest absolute Gasteiger partial charge is 0.382 e. The van der Waals surface area contributed by atoms with E-state index >= 15 is 0 Å². The van der Waals surface area contributed by atoms with Gasteiger partial charge in [0, 0.05) is 19.0 Å². The number of hydrogen-bond donors (Lipinski definition) is 2. The molecule has 1 aromatic carbocycles. The second kappa shape index (κ2) is 5.12. The molecule has 0 aromatic heterocycles. The van der Waals surface area contributed by atoms with E-state index in [0.717, 1.165) is 31.0 Å². The van der Waals surface area contributed by atoms with Crippen molar-refractivity contribution in [3.8, 4) is 0 Å². The highest BCUT2D eigenvalue weighted by Gasteiger charge is 2.22. The van der Waals surface area contributed by atoms with E-state index in [0.29, 0.717) is 12.6 Å². The Balaban J connectivity index is 1.76. The molecule has 1 fully saturated rings. The van der Waals surface area contributed by atoms with Gasteiger partial charge in [-0.05, 0) is 31.0 Å². The lowest BCUT2D eigenvalue weighted by Gasteiger charge is -2.07. The van der Waals surface area contributed by atoms with Gasteiger partial charge < -0.3 is 10.6 Å². The number of nitrogens with one attached hydrogen (secondary N) is 2. The van der Waals surface area contributed by atoms with E-state index in [2.05, 4.69) is 10.6 Å². The van der Waals surface area contributed by atoms with Gasteiger partial charge in [-0.15, -0.1) is 0 Å². The molecule has 1 aliphatic rings. The first-order valence-corrected chi connectivity index (χ1v) is 5.63. The first-order valence-electron chi connectivity index (χ1n) is 5.63. The van der Waals surface area contributed by atoms with Gasteiger partial charge in [-0.1, -0.05) is 0 Å². The van der Waals surface area contributed by atoms with Gasteiger partial charge in [0.05, 0.1) is 5.69 Å². The molecule has 0 bridgehead atoms. The Kier molecular flexibility index (Phi) is 3.56. The van der Waals surface area contributed by atoms with E-state index in [1.165, 1.54) is 0 Å². The molecule has 1 amide bonds. The van der Waals surface area contributed by atoms with Crippen molar-refractivity contribution < 1.29 is 13.6 Å². The van der Waals surface area contributed by atoms with Crippen molar-refractivity contribution in [1.29, 1.82) is 0 Å². The molecule has 2 N–H and O–H groups in total. The predicted octanol–water partition coefficient (Wildman–Crippen LogP) is 2.05. The van der Waals surface area contributed by atoms with Crippen molar-refractivity contribution in [2.45, 2.75) is 25.3 Å². The van der Waals surface area contributed by atoms with E-state index in [-0.39, 0.29) is 18.0 Å². The maximum atomic E-state index is 13.2. The number of benzene rings is 1. The van der Waals surface area contributed by atoms with Crippen molar-refractivity contribution in [3.05, 3.63) is 29.8 Å². The van der Waals surface area contributed by atoms with Crippen molar-refractivity contribution in [2.75, 3.05) is 11.9 Å². The average molecular weight is 240 g/mol. The Labute approximate surface area is 98.2 Å². The summed E-state index contributed by atoms with van der Waals surface area (Å²) in [6, 6.07) is 3.52. The van der Waals surface area contributed by atoms with Gasteiger partial charge in [-0.3, -0.25) is 4.79 Å². The number of carbonyl (C=O) groups is 1. The summed E-state index contributed by atoms with van der Waals surface area (Å²) in [6.07, 6.45) is 2.34. The second-order valence-corrected chi connectivity index (χ2v) is 4.14. The lowest BCUT2D eigenvalue weighted by molar-refractivity contribution is -0.120. The average Bonchev–Trinajstić information content (AvgIpc) is 3.07. The second-order valence-electron chi connectivity index (χ2n) is 4.14. The Hall–Kier alpha value is -1.65. The van der Waals surface area contributed by atoms with Gasteiger partial charge in [0.2, 0.25) is 5.91 Å². The van der Waals surface area contributed by atoms with Crippen molar-refractivity contribution in [2.24, 2.45) is 0 Å². The number of rotatable bonds is 5. The molecule has 2 rings (SSSR count). The number of anilines is 1. The van der Waals surface area contributed by atoms with E-state index < -0.39 is 11.6 Å². The summed E-state index contributed by atoms with van der Waals surface area (Å²) in [5.74, 6) is -1.08.